The Hall–Kier alpha value is -2.39. The first-order valence-corrected chi connectivity index (χ1v) is 3.02. The Balaban J connectivity index is 2.51. The lowest BCUT2D eigenvalue weighted by atomic mass is 11.0. The molecule has 0 fully saturated rings. The van der Waals surface area contributed by atoms with Crippen LogP contribution < -0.4 is 0 Å². The minimum absolute atomic E-state index is 0.0584. The molecule has 0 spiro atoms. The molecule has 10 nitrogen and oxygen atoms in total. The van der Waals surface area contributed by atoms with E-state index in [-0.39, 0.29) is 11.7 Å². The third-order valence-corrected chi connectivity index (χ3v) is 1.14. The van der Waals surface area contributed by atoms with Crippen molar-refractivity contribution in [3.8, 4) is 0 Å². The number of nitro groups is 1. The predicted molar refractivity (Wildman–Crippen MR) is 36.4 cm³/mol. The lowest BCUT2D eigenvalue weighted by Crippen LogP contribution is -1.97. The molecular formula is C3HN8O2-. The molecule has 10 heteroatoms. The molecule has 0 radical (unpaired) electrons. The van der Waals surface area contributed by atoms with Gasteiger partial charge < -0.3 is 0 Å². The molecule has 13 heavy (non-hydrogen) atoms. The Labute approximate surface area is 69.7 Å². The second kappa shape index (κ2) is 2.58. The van der Waals surface area contributed by atoms with E-state index in [1.54, 1.807) is 0 Å². The first-order valence-electron chi connectivity index (χ1n) is 3.02. The summed E-state index contributed by atoms with van der Waals surface area (Å²) in [5.74, 6) is -0.182. The van der Waals surface area contributed by atoms with E-state index in [4.69, 9.17) is 0 Å². The minimum atomic E-state index is -0.890. The molecule has 0 aliphatic rings. The largest absolute Gasteiger partial charge is 0.265 e. The third kappa shape index (κ3) is 1.19. The van der Waals surface area contributed by atoms with E-state index in [0.29, 0.717) is 0 Å². The van der Waals surface area contributed by atoms with Crippen LogP contribution >= 0.6 is 0 Å². The van der Waals surface area contributed by atoms with Crippen LogP contribution in [0, 0.1) is 10.1 Å². The number of fused-ring (bicyclic) bond motifs is 1. The fraction of sp³-hybridized carbons (Fsp3) is 0. The van der Waals surface area contributed by atoms with Gasteiger partial charge in [0.2, 0.25) is 5.78 Å². The fourth-order valence-electron chi connectivity index (χ4n) is 0.717. The van der Waals surface area contributed by atoms with Crippen LogP contribution in [0.4, 0.5) is 5.95 Å². The molecule has 66 valence electrons. The SMILES string of the molecule is O=[N+]([O-])[N-]c1nnc2nncnn12. The topological polar surface area (TPSA) is 126 Å². The molecule has 0 saturated heterocycles. The van der Waals surface area contributed by atoms with Gasteiger partial charge in [-0.25, -0.2) is 15.2 Å². The van der Waals surface area contributed by atoms with Gasteiger partial charge >= 0.3 is 0 Å². The molecule has 0 amide bonds. The average molecular weight is 181 g/mol. The highest BCUT2D eigenvalue weighted by Gasteiger charge is 2.01. The second-order valence-electron chi connectivity index (χ2n) is 1.90. The lowest BCUT2D eigenvalue weighted by Gasteiger charge is -1.98. The lowest BCUT2D eigenvalue weighted by molar-refractivity contribution is -0.419. The van der Waals surface area contributed by atoms with Gasteiger partial charge in [0.05, 0.1) is 0 Å². The molecular weight excluding hydrogens is 180 g/mol. The molecule has 0 aliphatic heterocycles. The van der Waals surface area contributed by atoms with Gasteiger partial charge in [0.25, 0.3) is 0 Å². The molecule has 0 atom stereocenters. The molecule has 2 aromatic rings. The molecule has 2 heterocycles. The first kappa shape index (κ1) is 7.27. The summed E-state index contributed by atoms with van der Waals surface area (Å²) >= 11 is 0. The normalized spacial score (nSPS) is 10.2. The summed E-state index contributed by atoms with van der Waals surface area (Å²) in [5.41, 5.74) is 2.93. The van der Waals surface area contributed by atoms with Gasteiger partial charge in [0, 0.05) is 0 Å². The van der Waals surface area contributed by atoms with Crippen LogP contribution in [0.25, 0.3) is 11.2 Å². The van der Waals surface area contributed by atoms with Crippen molar-refractivity contribution in [2.75, 3.05) is 0 Å². The van der Waals surface area contributed by atoms with Crippen molar-refractivity contribution in [2.45, 2.75) is 0 Å². The Morgan fingerprint density at radius 2 is 2.31 bits per heavy atom. The van der Waals surface area contributed by atoms with Crippen molar-refractivity contribution in [1.82, 2.24) is 30.0 Å². The van der Waals surface area contributed by atoms with Crippen molar-refractivity contribution in [2.24, 2.45) is 0 Å². The first-order chi connectivity index (χ1) is 6.27. The number of aromatic nitrogens is 6. The van der Waals surface area contributed by atoms with Crippen LogP contribution in [0.5, 0.6) is 0 Å². The molecule has 0 bridgehead atoms. The van der Waals surface area contributed by atoms with Gasteiger partial charge in [-0.15, -0.1) is 10.2 Å². The highest BCUT2D eigenvalue weighted by molar-refractivity contribution is 5.36. The summed E-state index contributed by atoms with van der Waals surface area (Å²) in [4.78, 5) is 10.0. The van der Waals surface area contributed by atoms with Crippen molar-refractivity contribution in [3.05, 3.63) is 21.9 Å². The summed E-state index contributed by atoms with van der Waals surface area (Å²) in [6.07, 6.45) is 1.11. The zero-order valence-electron chi connectivity index (χ0n) is 5.97. The number of nitrogens with zero attached hydrogens (tertiary/aromatic N) is 8. The second-order valence-corrected chi connectivity index (χ2v) is 1.90. The Morgan fingerprint density at radius 3 is 3.08 bits per heavy atom. The zero-order valence-corrected chi connectivity index (χ0v) is 5.97. The summed E-state index contributed by atoms with van der Waals surface area (Å²) < 4.78 is 1.01. The molecule has 2 rings (SSSR count). The van der Waals surface area contributed by atoms with Crippen LogP contribution in [0.2, 0.25) is 0 Å². The van der Waals surface area contributed by atoms with Crippen molar-refractivity contribution in [1.29, 1.82) is 0 Å². The molecule has 0 saturated carbocycles. The van der Waals surface area contributed by atoms with Gasteiger partial charge in [-0.3, -0.25) is 9.61 Å². The predicted octanol–water partition coefficient (Wildman–Crippen LogP) is -0.889. The maximum absolute atomic E-state index is 10.0. The van der Waals surface area contributed by atoms with Gasteiger partial charge in [-0.05, 0) is 0 Å². The number of rotatable bonds is 2. The van der Waals surface area contributed by atoms with Gasteiger partial charge in [0.15, 0.2) is 0 Å². The smallest absolute Gasteiger partial charge is 0.217 e. The summed E-state index contributed by atoms with van der Waals surface area (Å²) in [6, 6.07) is 0. The molecule has 0 unspecified atom stereocenters. The average Bonchev–Trinajstić information content (AvgIpc) is 2.48. The van der Waals surface area contributed by atoms with Crippen LogP contribution in [0.3, 0.4) is 0 Å². The maximum atomic E-state index is 10.0. The van der Waals surface area contributed by atoms with Crippen molar-refractivity contribution >= 4 is 11.7 Å². The third-order valence-electron chi connectivity index (χ3n) is 1.14. The van der Waals surface area contributed by atoms with E-state index in [0.717, 1.165) is 10.8 Å². The Kier molecular flexibility index (Phi) is 1.44. The van der Waals surface area contributed by atoms with Gasteiger partial charge in [-0.2, -0.15) is 5.10 Å². The van der Waals surface area contributed by atoms with E-state index in [9.17, 15) is 10.1 Å². The van der Waals surface area contributed by atoms with E-state index in [1.165, 1.54) is 0 Å². The molecule has 0 aliphatic carbocycles. The van der Waals surface area contributed by atoms with E-state index < -0.39 is 5.03 Å². The summed E-state index contributed by atoms with van der Waals surface area (Å²) in [5, 5.41) is 26.5. The highest BCUT2D eigenvalue weighted by atomic mass is 16.7. The summed E-state index contributed by atoms with van der Waals surface area (Å²) in [6.45, 7) is 0. The van der Waals surface area contributed by atoms with E-state index >= 15 is 0 Å². The van der Waals surface area contributed by atoms with E-state index in [1.807, 2.05) is 0 Å². The molecule has 0 aromatic carbocycles. The van der Waals surface area contributed by atoms with Crippen LogP contribution in [-0.4, -0.2) is 35.0 Å². The maximum Gasteiger partial charge on any atom is 0.217 e. The van der Waals surface area contributed by atoms with Gasteiger partial charge in [-0.1, -0.05) is 5.43 Å². The Morgan fingerprint density at radius 1 is 1.46 bits per heavy atom. The van der Waals surface area contributed by atoms with Crippen LogP contribution in [0.15, 0.2) is 6.33 Å². The zero-order chi connectivity index (χ0) is 9.26. The number of hydrogen-bond donors (Lipinski definition) is 0. The molecule has 0 N–H and O–H groups in total. The summed E-state index contributed by atoms with van der Waals surface area (Å²) in [7, 11) is 0. The van der Waals surface area contributed by atoms with Crippen LogP contribution in [0.1, 0.15) is 0 Å². The number of hydrogen-bond acceptors (Lipinski definition) is 7. The van der Waals surface area contributed by atoms with E-state index in [2.05, 4.69) is 30.9 Å². The highest BCUT2D eigenvalue weighted by Crippen LogP contribution is 2.11. The minimum Gasteiger partial charge on any atom is -0.265 e. The van der Waals surface area contributed by atoms with Crippen molar-refractivity contribution < 1.29 is 5.03 Å². The van der Waals surface area contributed by atoms with Crippen molar-refractivity contribution in [3.63, 3.8) is 0 Å². The van der Waals surface area contributed by atoms with Crippen LogP contribution in [-0.2, 0) is 0 Å². The Bertz CT molecular complexity index is 449. The monoisotopic (exact) mass is 181 g/mol. The standard InChI is InChI=1S/C3HN8O2/c12-11(13)9-3-8-7-2-6-4-1-5-10(2)3/h1H/q-1. The fourth-order valence-corrected chi connectivity index (χ4v) is 0.717. The quantitative estimate of drug-likeness (QED) is 0.434. The van der Waals surface area contributed by atoms with Gasteiger partial charge in [0.1, 0.15) is 17.3 Å². The molecule has 2 aromatic heterocycles.